The maximum atomic E-state index is 13.3. The van der Waals surface area contributed by atoms with Gasteiger partial charge in [-0.3, -0.25) is 14.5 Å². The normalized spacial score (nSPS) is 14.7. The molecule has 1 aliphatic heterocycles. The minimum atomic E-state index is -0.489. The van der Waals surface area contributed by atoms with E-state index in [2.05, 4.69) is 22.6 Å². The van der Waals surface area contributed by atoms with Gasteiger partial charge in [-0.25, -0.2) is 4.39 Å². The molecule has 0 unspecified atom stereocenters. The van der Waals surface area contributed by atoms with Crippen LogP contribution in [0.1, 0.15) is 16.7 Å². The number of amides is 2. The number of hydrogen-bond donors (Lipinski definition) is 0. The van der Waals surface area contributed by atoms with E-state index in [1.165, 1.54) is 19.2 Å². The van der Waals surface area contributed by atoms with Crippen LogP contribution in [0.15, 0.2) is 59.5 Å². The summed E-state index contributed by atoms with van der Waals surface area (Å²) in [7, 11) is 1.53. The molecule has 10 heteroatoms. The second-order valence-electron chi connectivity index (χ2n) is 7.45. The quantitative estimate of drug-likeness (QED) is 0.196. The molecule has 1 aliphatic rings. The summed E-state index contributed by atoms with van der Waals surface area (Å²) in [5, 5.41) is 0.378. The first kappa shape index (κ1) is 25.8. The molecule has 2 amide bonds. The van der Waals surface area contributed by atoms with Gasteiger partial charge in [0.05, 0.1) is 22.1 Å². The summed E-state index contributed by atoms with van der Waals surface area (Å²) in [6.45, 7) is 0.285. The lowest BCUT2D eigenvalue weighted by Crippen LogP contribution is -2.27. The number of benzene rings is 3. The van der Waals surface area contributed by atoms with E-state index in [1.807, 2.05) is 18.2 Å². The number of hydrogen-bond acceptors (Lipinski definition) is 5. The number of thioether (sulfide) groups is 1. The van der Waals surface area contributed by atoms with E-state index in [0.29, 0.717) is 34.3 Å². The predicted molar refractivity (Wildman–Crippen MR) is 144 cm³/mol. The van der Waals surface area contributed by atoms with Crippen LogP contribution in [-0.2, 0) is 17.9 Å². The average Bonchev–Trinajstić information content (AvgIpc) is 3.08. The van der Waals surface area contributed by atoms with Crippen LogP contribution in [0.5, 0.6) is 11.5 Å². The summed E-state index contributed by atoms with van der Waals surface area (Å²) < 4.78 is 25.6. The number of ether oxygens (including phenoxy) is 2. The van der Waals surface area contributed by atoms with Crippen molar-refractivity contribution in [3.8, 4) is 11.5 Å². The zero-order valence-corrected chi connectivity index (χ0v) is 22.7. The number of methoxy groups -OCH3 is 1. The third-order valence-corrected chi connectivity index (χ3v) is 7.38. The van der Waals surface area contributed by atoms with Gasteiger partial charge in [0.25, 0.3) is 11.1 Å². The zero-order valence-electron chi connectivity index (χ0n) is 18.2. The molecule has 1 saturated heterocycles. The van der Waals surface area contributed by atoms with Gasteiger partial charge in [0, 0.05) is 10.0 Å². The summed E-state index contributed by atoms with van der Waals surface area (Å²) in [6, 6.07) is 14.8. The van der Waals surface area contributed by atoms with Crippen molar-refractivity contribution in [2.45, 2.75) is 13.2 Å². The van der Waals surface area contributed by atoms with Gasteiger partial charge >= 0.3 is 0 Å². The van der Waals surface area contributed by atoms with Crippen LogP contribution in [0, 0.1) is 9.39 Å². The maximum Gasteiger partial charge on any atom is 0.293 e. The number of imide groups is 1. The first-order valence-electron chi connectivity index (χ1n) is 10.2. The molecule has 0 spiro atoms. The number of halogens is 4. The Balaban J connectivity index is 1.53. The van der Waals surface area contributed by atoms with E-state index < -0.39 is 17.0 Å². The Morgan fingerprint density at radius 3 is 2.51 bits per heavy atom. The van der Waals surface area contributed by atoms with Crippen LogP contribution in [0.25, 0.3) is 6.08 Å². The fraction of sp³-hybridized carbons (Fsp3) is 0.120. The molecule has 1 fully saturated rings. The molecule has 5 nitrogen and oxygen atoms in total. The number of nitrogens with zero attached hydrogens (tertiary/aromatic N) is 1. The van der Waals surface area contributed by atoms with Gasteiger partial charge in [0.1, 0.15) is 12.4 Å². The van der Waals surface area contributed by atoms with E-state index in [9.17, 15) is 14.0 Å². The van der Waals surface area contributed by atoms with E-state index >= 15 is 0 Å². The minimum Gasteiger partial charge on any atom is -0.493 e. The Morgan fingerprint density at radius 2 is 1.83 bits per heavy atom. The molecule has 3 aromatic rings. The third-order valence-electron chi connectivity index (χ3n) is 5.06. The van der Waals surface area contributed by atoms with Crippen LogP contribution in [-0.4, -0.2) is 23.2 Å². The molecule has 0 N–H and O–H groups in total. The van der Waals surface area contributed by atoms with Gasteiger partial charge in [0.15, 0.2) is 11.5 Å². The Bertz CT molecular complexity index is 1330. The van der Waals surface area contributed by atoms with Gasteiger partial charge in [-0.05, 0) is 93.5 Å². The Labute approximate surface area is 229 Å². The second-order valence-corrected chi connectivity index (χ2v) is 10.5. The molecule has 35 heavy (non-hydrogen) atoms. The molecule has 0 atom stereocenters. The van der Waals surface area contributed by atoms with Crippen molar-refractivity contribution in [1.82, 2.24) is 4.90 Å². The topological polar surface area (TPSA) is 55.8 Å². The summed E-state index contributed by atoms with van der Waals surface area (Å²) >= 11 is 15.0. The molecule has 180 valence electrons. The summed E-state index contributed by atoms with van der Waals surface area (Å²) in [5.74, 6) is 0.128. The van der Waals surface area contributed by atoms with Crippen molar-refractivity contribution in [2.75, 3.05) is 7.11 Å². The highest BCUT2D eigenvalue weighted by Gasteiger charge is 2.35. The summed E-state index contributed by atoms with van der Waals surface area (Å²) in [5.41, 5.74) is 2.11. The van der Waals surface area contributed by atoms with Crippen LogP contribution in [0.2, 0.25) is 10.0 Å². The van der Waals surface area contributed by atoms with E-state index in [0.717, 1.165) is 31.9 Å². The average molecular weight is 644 g/mol. The lowest BCUT2D eigenvalue weighted by Gasteiger charge is -2.14. The van der Waals surface area contributed by atoms with Gasteiger partial charge in [-0.2, -0.15) is 0 Å². The van der Waals surface area contributed by atoms with E-state index in [1.54, 1.807) is 24.3 Å². The van der Waals surface area contributed by atoms with Crippen molar-refractivity contribution in [1.29, 1.82) is 0 Å². The molecule has 0 bridgehead atoms. The van der Waals surface area contributed by atoms with Crippen molar-refractivity contribution < 1.29 is 23.5 Å². The van der Waals surface area contributed by atoms with E-state index in [-0.39, 0.29) is 16.5 Å². The summed E-state index contributed by atoms with van der Waals surface area (Å²) in [4.78, 5) is 26.8. The smallest absolute Gasteiger partial charge is 0.293 e. The highest BCUT2D eigenvalue weighted by atomic mass is 127. The molecule has 3 aromatic carbocycles. The molecule has 0 radical (unpaired) electrons. The van der Waals surface area contributed by atoms with Crippen LogP contribution in [0.4, 0.5) is 9.18 Å². The predicted octanol–water partition coefficient (Wildman–Crippen LogP) is 7.56. The van der Waals surface area contributed by atoms with Gasteiger partial charge in [0.2, 0.25) is 0 Å². The number of carbonyl (C=O) groups excluding carboxylic acids is 2. The van der Waals surface area contributed by atoms with Crippen molar-refractivity contribution in [2.24, 2.45) is 0 Å². The Hall–Kier alpha value is -2.27. The lowest BCUT2D eigenvalue weighted by molar-refractivity contribution is -0.123. The van der Waals surface area contributed by atoms with Gasteiger partial charge in [-0.1, -0.05) is 41.4 Å². The lowest BCUT2D eigenvalue weighted by atomic mass is 10.1. The first-order valence-corrected chi connectivity index (χ1v) is 12.8. The fourth-order valence-electron chi connectivity index (χ4n) is 3.31. The second kappa shape index (κ2) is 11.2. The SMILES string of the molecule is COc1cc(/C=C2\SC(=O)N(Cc3ccc(F)cc3Cl)C2=O)cc(I)c1OCc1ccc(Cl)cc1. The fourth-order valence-corrected chi connectivity index (χ4v) is 5.28. The summed E-state index contributed by atoms with van der Waals surface area (Å²) in [6.07, 6.45) is 1.63. The molecule has 0 saturated carbocycles. The van der Waals surface area contributed by atoms with Crippen LogP contribution in [0.3, 0.4) is 0 Å². The molecular formula is C25H17Cl2FINO4S. The molecule has 0 aliphatic carbocycles. The van der Waals surface area contributed by atoms with Crippen molar-refractivity contribution >= 4 is 74.8 Å². The van der Waals surface area contributed by atoms with Gasteiger partial charge < -0.3 is 9.47 Å². The largest absolute Gasteiger partial charge is 0.493 e. The highest BCUT2D eigenvalue weighted by molar-refractivity contribution is 14.1. The third kappa shape index (κ3) is 6.11. The molecular weight excluding hydrogens is 627 g/mol. The monoisotopic (exact) mass is 643 g/mol. The number of carbonyl (C=O) groups is 2. The molecule has 0 aromatic heterocycles. The highest BCUT2D eigenvalue weighted by Crippen LogP contribution is 2.38. The van der Waals surface area contributed by atoms with Crippen LogP contribution < -0.4 is 9.47 Å². The number of rotatable bonds is 7. The van der Waals surface area contributed by atoms with E-state index in [4.69, 9.17) is 32.7 Å². The maximum absolute atomic E-state index is 13.3. The Kier molecular flexibility index (Phi) is 8.26. The molecule has 1 heterocycles. The van der Waals surface area contributed by atoms with Crippen LogP contribution >= 0.6 is 57.6 Å². The van der Waals surface area contributed by atoms with Crippen molar-refractivity contribution in [3.63, 3.8) is 0 Å². The zero-order chi connectivity index (χ0) is 25.1. The Morgan fingerprint density at radius 1 is 1.09 bits per heavy atom. The van der Waals surface area contributed by atoms with Gasteiger partial charge in [-0.15, -0.1) is 0 Å². The first-order chi connectivity index (χ1) is 16.7. The molecule has 4 rings (SSSR count). The minimum absolute atomic E-state index is 0.0422. The van der Waals surface area contributed by atoms with Crippen molar-refractivity contribution in [3.05, 3.63) is 95.6 Å². The standard InChI is InChI=1S/C25H17Cl2FINO4S/c1-33-21-9-15(8-20(29)23(21)34-13-14-2-5-17(26)6-3-14)10-22-24(31)30(25(32)35-22)12-16-4-7-18(28)11-19(16)27/h2-11H,12-13H2,1H3/b22-10-.